The van der Waals surface area contributed by atoms with Gasteiger partial charge in [-0.2, -0.15) is 0 Å². The molecule has 0 N–H and O–H groups in total. The van der Waals surface area contributed by atoms with E-state index in [9.17, 15) is 9.59 Å². The van der Waals surface area contributed by atoms with Crippen LogP contribution in [0.3, 0.4) is 0 Å². The number of rotatable bonds is 2. The Morgan fingerprint density at radius 2 is 2.12 bits per heavy atom. The summed E-state index contributed by atoms with van der Waals surface area (Å²) >= 11 is 0. The lowest BCUT2D eigenvalue weighted by Crippen LogP contribution is -2.35. The highest BCUT2D eigenvalue weighted by molar-refractivity contribution is 6.04. The quantitative estimate of drug-likeness (QED) is 0.735. The van der Waals surface area contributed by atoms with Crippen molar-refractivity contribution in [2.45, 2.75) is 26.2 Å². The molecule has 0 radical (unpaired) electrons. The fourth-order valence-corrected chi connectivity index (χ4v) is 2.37. The molecule has 3 nitrogen and oxygen atoms in total. The summed E-state index contributed by atoms with van der Waals surface area (Å²) in [5.41, 5.74) is 1.23. The van der Waals surface area contributed by atoms with Gasteiger partial charge in [-0.1, -0.05) is 31.2 Å². The molecular formula is C14H16O3. The van der Waals surface area contributed by atoms with Crippen molar-refractivity contribution in [3.05, 3.63) is 35.4 Å². The van der Waals surface area contributed by atoms with Crippen molar-refractivity contribution in [3.63, 3.8) is 0 Å². The Kier molecular flexibility index (Phi) is 3.01. The molecule has 0 aromatic heterocycles. The zero-order chi connectivity index (χ0) is 12.5. The van der Waals surface area contributed by atoms with Crippen LogP contribution in [-0.4, -0.2) is 18.9 Å². The average molecular weight is 232 g/mol. The largest absolute Gasteiger partial charge is 0.469 e. The molecule has 0 saturated carbocycles. The van der Waals surface area contributed by atoms with Crippen molar-refractivity contribution in [1.82, 2.24) is 0 Å². The van der Waals surface area contributed by atoms with Crippen LogP contribution in [0.25, 0.3) is 0 Å². The molecule has 1 unspecified atom stereocenters. The van der Waals surface area contributed by atoms with Crippen LogP contribution in [0.1, 0.15) is 35.7 Å². The molecular weight excluding hydrogens is 216 g/mol. The van der Waals surface area contributed by atoms with Gasteiger partial charge in [0.15, 0.2) is 5.78 Å². The summed E-state index contributed by atoms with van der Waals surface area (Å²) in [7, 11) is 1.35. The summed E-state index contributed by atoms with van der Waals surface area (Å²) in [4.78, 5) is 23.8. The molecule has 90 valence electrons. The van der Waals surface area contributed by atoms with Gasteiger partial charge in [0, 0.05) is 11.0 Å². The predicted molar refractivity (Wildman–Crippen MR) is 63.8 cm³/mol. The minimum atomic E-state index is -0.610. The Labute approximate surface area is 101 Å². The van der Waals surface area contributed by atoms with Crippen LogP contribution in [-0.2, 0) is 16.0 Å². The number of benzene rings is 1. The number of ketones is 1. The zero-order valence-electron chi connectivity index (χ0n) is 10.2. The summed E-state index contributed by atoms with van der Waals surface area (Å²) in [5.74, 6) is -0.259. The molecule has 1 aromatic carbocycles. The van der Waals surface area contributed by atoms with E-state index >= 15 is 0 Å². The lowest BCUT2D eigenvalue weighted by molar-refractivity contribution is -0.142. The van der Waals surface area contributed by atoms with Crippen LogP contribution in [0.15, 0.2) is 24.3 Å². The van der Waals surface area contributed by atoms with Crippen LogP contribution in [0.5, 0.6) is 0 Å². The van der Waals surface area contributed by atoms with Gasteiger partial charge in [-0.25, -0.2) is 0 Å². The van der Waals surface area contributed by atoms with Crippen molar-refractivity contribution < 1.29 is 14.3 Å². The normalized spacial score (nSPS) is 23.1. The number of carbonyl (C=O) groups excluding carboxylic acids is 2. The van der Waals surface area contributed by atoms with Gasteiger partial charge in [-0.3, -0.25) is 9.59 Å². The fourth-order valence-electron chi connectivity index (χ4n) is 2.37. The third-order valence-electron chi connectivity index (χ3n) is 3.52. The van der Waals surface area contributed by atoms with E-state index in [-0.39, 0.29) is 18.2 Å². The Hall–Kier alpha value is -1.64. The van der Waals surface area contributed by atoms with E-state index in [1.165, 1.54) is 7.11 Å². The van der Waals surface area contributed by atoms with E-state index in [0.717, 1.165) is 17.5 Å². The molecule has 0 amide bonds. The summed E-state index contributed by atoms with van der Waals surface area (Å²) in [6, 6.07) is 7.62. The highest BCUT2D eigenvalue weighted by Gasteiger charge is 2.40. The molecule has 0 saturated heterocycles. The molecule has 1 aliphatic carbocycles. The Bertz CT molecular complexity index is 464. The summed E-state index contributed by atoms with van der Waals surface area (Å²) in [6.45, 7) is 1.85. The van der Waals surface area contributed by atoms with Crippen LogP contribution in [0, 0.1) is 5.41 Å². The van der Waals surface area contributed by atoms with Gasteiger partial charge < -0.3 is 4.74 Å². The molecule has 0 heterocycles. The van der Waals surface area contributed by atoms with E-state index in [1.807, 2.05) is 31.2 Å². The smallest absolute Gasteiger partial charge is 0.306 e. The van der Waals surface area contributed by atoms with E-state index in [4.69, 9.17) is 0 Å². The highest BCUT2D eigenvalue weighted by Crippen LogP contribution is 2.37. The lowest BCUT2D eigenvalue weighted by Gasteiger charge is -2.32. The zero-order valence-corrected chi connectivity index (χ0v) is 10.2. The topological polar surface area (TPSA) is 43.4 Å². The number of methoxy groups -OCH3 is 1. The van der Waals surface area contributed by atoms with Gasteiger partial charge in [-0.15, -0.1) is 0 Å². The first kappa shape index (κ1) is 11.8. The summed E-state index contributed by atoms with van der Waals surface area (Å²) < 4.78 is 4.66. The molecule has 17 heavy (non-hydrogen) atoms. The Balaban J connectivity index is 2.30. The molecule has 3 heteroatoms. The highest BCUT2D eigenvalue weighted by atomic mass is 16.5. The van der Waals surface area contributed by atoms with Crippen LogP contribution >= 0.6 is 0 Å². The van der Waals surface area contributed by atoms with Crippen LogP contribution in [0.2, 0.25) is 0 Å². The maximum Gasteiger partial charge on any atom is 0.306 e. The minimum Gasteiger partial charge on any atom is -0.469 e. The Morgan fingerprint density at radius 1 is 1.41 bits per heavy atom. The number of esters is 1. The van der Waals surface area contributed by atoms with Gasteiger partial charge in [0.2, 0.25) is 0 Å². The van der Waals surface area contributed by atoms with E-state index < -0.39 is 5.41 Å². The molecule has 1 aromatic rings. The van der Waals surface area contributed by atoms with Crippen LogP contribution < -0.4 is 0 Å². The second kappa shape index (κ2) is 4.32. The fraction of sp³-hybridized carbons (Fsp3) is 0.429. The third kappa shape index (κ3) is 2.09. The van der Waals surface area contributed by atoms with Gasteiger partial charge in [-0.05, 0) is 18.4 Å². The molecule has 2 rings (SSSR count). The molecule has 0 bridgehead atoms. The maximum absolute atomic E-state index is 12.4. The second-order valence-electron chi connectivity index (χ2n) is 4.80. The van der Waals surface area contributed by atoms with Gasteiger partial charge in [0.1, 0.15) is 0 Å². The molecule has 0 spiro atoms. The van der Waals surface area contributed by atoms with Crippen molar-refractivity contribution in [3.8, 4) is 0 Å². The number of ether oxygens (including phenoxy) is 1. The Morgan fingerprint density at radius 3 is 2.82 bits per heavy atom. The van der Waals surface area contributed by atoms with Crippen LogP contribution in [0.4, 0.5) is 0 Å². The molecule has 1 atom stereocenters. The third-order valence-corrected chi connectivity index (χ3v) is 3.52. The number of fused-ring (bicyclic) bond motifs is 1. The molecule has 0 aliphatic heterocycles. The summed E-state index contributed by atoms with van der Waals surface area (Å²) in [6.07, 6.45) is 1.71. The second-order valence-corrected chi connectivity index (χ2v) is 4.80. The van der Waals surface area contributed by atoms with Crippen molar-refractivity contribution >= 4 is 11.8 Å². The first-order valence-corrected chi connectivity index (χ1v) is 5.76. The van der Waals surface area contributed by atoms with Gasteiger partial charge in [0.05, 0.1) is 13.5 Å². The standard InChI is InChI=1S/C14H16O3/c1-14(9-12(15)17-2)8-7-10-5-3-4-6-11(10)13(14)16/h3-6H,7-9H2,1-2H3. The first-order chi connectivity index (χ1) is 8.07. The first-order valence-electron chi connectivity index (χ1n) is 5.76. The average Bonchev–Trinajstić information content (AvgIpc) is 2.34. The van der Waals surface area contributed by atoms with E-state index in [2.05, 4.69) is 4.74 Å². The van der Waals surface area contributed by atoms with Gasteiger partial charge in [0.25, 0.3) is 0 Å². The van der Waals surface area contributed by atoms with E-state index in [0.29, 0.717) is 6.42 Å². The van der Waals surface area contributed by atoms with Crippen molar-refractivity contribution in [2.75, 3.05) is 7.11 Å². The molecule has 0 fully saturated rings. The van der Waals surface area contributed by atoms with E-state index in [1.54, 1.807) is 0 Å². The molecule has 1 aliphatic rings. The number of aryl methyl sites for hydroxylation is 1. The minimum absolute atomic E-state index is 0.0600. The SMILES string of the molecule is COC(=O)CC1(C)CCc2ccccc2C1=O. The van der Waals surface area contributed by atoms with Crippen molar-refractivity contribution in [2.24, 2.45) is 5.41 Å². The number of Topliss-reactive ketones (excluding diaryl/α,β-unsaturated/α-hetero) is 1. The maximum atomic E-state index is 12.4. The van der Waals surface area contributed by atoms with Gasteiger partial charge >= 0.3 is 5.97 Å². The predicted octanol–water partition coefficient (Wildman–Crippen LogP) is 2.38. The number of hydrogen-bond acceptors (Lipinski definition) is 3. The number of carbonyl (C=O) groups is 2. The number of hydrogen-bond donors (Lipinski definition) is 0. The van der Waals surface area contributed by atoms with Crippen molar-refractivity contribution in [1.29, 1.82) is 0 Å². The summed E-state index contributed by atoms with van der Waals surface area (Å²) in [5, 5.41) is 0. The monoisotopic (exact) mass is 232 g/mol. The lowest BCUT2D eigenvalue weighted by atomic mass is 9.70.